The monoisotopic (exact) mass is 278 g/mol. The summed E-state index contributed by atoms with van der Waals surface area (Å²) in [6.07, 6.45) is 3.31. The van der Waals surface area contributed by atoms with E-state index in [1.165, 1.54) is 0 Å². The number of hydrogen-bond acceptors (Lipinski definition) is 6. The first kappa shape index (κ1) is 11.6. The normalized spacial score (nSPS) is 11.0. The lowest BCUT2D eigenvalue weighted by molar-refractivity contribution is 0.432. The molecule has 0 aliphatic heterocycles. The summed E-state index contributed by atoms with van der Waals surface area (Å²) in [7, 11) is 0. The van der Waals surface area contributed by atoms with Gasteiger partial charge in [-0.15, -0.1) is 0 Å². The molecule has 102 valence electrons. The molecule has 4 rings (SSSR count). The van der Waals surface area contributed by atoms with E-state index in [0.717, 1.165) is 16.5 Å². The Balaban J connectivity index is 1.79. The molecule has 0 saturated carbocycles. The predicted octanol–water partition coefficient (Wildman–Crippen LogP) is 2.26. The molecule has 0 bridgehead atoms. The minimum absolute atomic E-state index is 0.336. The topological polar surface area (TPSA) is 107 Å². The van der Waals surface area contributed by atoms with Crippen molar-refractivity contribution in [2.24, 2.45) is 0 Å². The predicted molar refractivity (Wildman–Crippen MR) is 77.0 cm³/mol. The van der Waals surface area contributed by atoms with Gasteiger partial charge in [-0.05, 0) is 24.3 Å². The zero-order valence-electron chi connectivity index (χ0n) is 10.8. The molecule has 0 aliphatic carbocycles. The number of aromatic nitrogens is 5. The van der Waals surface area contributed by atoms with Crippen molar-refractivity contribution in [1.82, 2.24) is 25.3 Å². The minimum Gasteiger partial charge on any atom is -0.383 e. The summed E-state index contributed by atoms with van der Waals surface area (Å²) < 4.78 is 5.24. The molecule has 0 radical (unpaired) electrons. The standard InChI is InChI=1S/C14H10N6O/c15-12-10(7-17-19-12)14-18-13(20-21-14)9-3-4-11-8(6-9)2-1-5-16-11/h1-7H,(H3,15,17,19). The van der Waals surface area contributed by atoms with Gasteiger partial charge in [-0.25, -0.2) is 0 Å². The fourth-order valence-corrected chi connectivity index (χ4v) is 2.13. The van der Waals surface area contributed by atoms with Crippen LogP contribution >= 0.6 is 0 Å². The first-order valence-electron chi connectivity index (χ1n) is 6.29. The van der Waals surface area contributed by atoms with Gasteiger partial charge in [0.05, 0.1) is 11.7 Å². The number of nitrogens with two attached hydrogens (primary N) is 1. The molecule has 3 aromatic heterocycles. The highest BCUT2D eigenvalue weighted by molar-refractivity contribution is 5.83. The van der Waals surface area contributed by atoms with E-state index in [4.69, 9.17) is 10.3 Å². The van der Waals surface area contributed by atoms with Gasteiger partial charge in [0.1, 0.15) is 11.4 Å². The van der Waals surface area contributed by atoms with E-state index in [1.54, 1.807) is 12.4 Å². The Kier molecular flexibility index (Phi) is 2.43. The third-order valence-corrected chi connectivity index (χ3v) is 3.19. The van der Waals surface area contributed by atoms with E-state index < -0.39 is 0 Å². The maximum atomic E-state index is 5.74. The van der Waals surface area contributed by atoms with Crippen LogP contribution in [0.1, 0.15) is 0 Å². The molecule has 1 aromatic carbocycles. The lowest BCUT2D eigenvalue weighted by Crippen LogP contribution is -1.87. The minimum atomic E-state index is 0.336. The zero-order valence-corrected chi connectivity index (χ0v) is 10.8. The Morgan fingerprint density at radius 2 is 2.14 bits per heavy atom. The first-order valence-corrected chi connectivity index (χ1v) is 6.29. The van der Waals surface area contributed by atoms with E-state index in [1.807, 2.05) is 30.3 Å². The summed E-state index contributed by atoms with van der Waals surface area (Å²) >= 11 is 0. The van der Waals surface area contributed by atoms with E-state index in [0.29, 0.717) is 23.1 Å². The third-order valence-electron chi connectivity index (χ3n) is 3.19. The molecule has 0 atom stereocenters. The van der Waals surface area contributed by atoms with Gasteiger partial charge < -0.3 is 10.3 Å². The molecule has 21 heavy (non-hydrogen) atoms. The van der Waals surface area contributed by atoms with Crippen molar-refractivity contribution in [2.45, 2.75) is 0 Å². The van der Waals surface area contributed by atoms with Gasteiger partial charge in [-0.3, -0.25) is 10.1 Å². The Bertz CT molecular complexity index is 926. The average Bonchev–Trinajstić information content (AvgIpc) is 3.15. The number of benzene rings is 1. The van der Waals surface area contributed by atoms with Crippen LogP contribution in [0.15, 0.2) is 47.2 Å². The molecule has 0 saturated heterocycles. The number of anilines is 1. The maximum absolute atomic E-state index is 5.74. The molecule has 0 spiro atoms. The third kappa shape index (κ3) is 1.91. The van der Waals surface area contributed by atoms with Gasteiger partial charge in [0, 0.05) is 17.1 Å². The van der Waals surface area contributed by atoms with Crippen LogP contribution in [0.3, 0.4) is 0 Å². The summed E-state index contributed by atoms with van der Waals surface area (Å²) in [5.74, 6) is 1.23. The molecule has 4 aromatic rings. The Morgan fingerprint density at radius 1 is 1.19 bits per heavy atom. The van der Waals surface area contributed by atoms with E-state index in [2.05, 4.69) is 25.3 Å². The fourth-order valence-electron chi connectivity index (χ4n) is 2.13. The second-order valence-corrected chi connectivity index (χ2v) is 4.53. The van der Waals surface area contributed by atoms with Gasteiger partial charge >= 0.3 is 0 Å². The van der Waals surface area contributed by atoms with Crippen molar-refractivity contribution in [2.75, 3.05) is 5.73 Å². The van der Waals surface area contributed by atoms with Gasteiger partial charge in [0.15, 0.2) is 0 Å². The number of rotatable bonds is 2. The molecular formula is C14H10N6O. The van der Waals surface area contributed by atoms with E-state index in [-0.39, 0.29) is 0 Å². The summed E-state index contributed by atoms with van der Waals surface area (Å²) in [6, 6.07) is 9.67. The number of nitrogens with one attached hydrogen (secondary N) is 1. The smallest absolute Gasteiger partial charge is 0.263 e. The average molecular weight is 278 g/mol. The van der Waals surface area contributed by atoms with Crippen molar-refractivity contribution in [1.29, 1.82) is 0 Å². The van der Waals surface area contributed by atoms with Crippen LogP contribution in [0.4, 0.5) is 5.82 Å². The summed E-state index contributed by atoms with van der Waals surface area (Å²) in [5, 5.41) is 11.5. The van der Waals surface area contributed by atoms with E-state index in [9.17, 15) is 0 Å². The molecule has 0 fully saturated rings. The zero-order chi connectivity index (χ0) is 14.2. The maximum Gasteiger partial charge on any atom is 0.263 e. The van der Waals surface area contributed by atoms with Crippen LogP contribution in [0, 0.1) is 0 Å². The quantitative estimate of drug-likeness (QED) is 0.582. The SMILES string of the molecule is Nc1[nH]ncc1-c1nc(-c2ccc3ncccc3c2)no1. The van der Waals surface area contributed by atoms with Gasteiger partial charge in [0.2, 0.25) is 5.82 Å². The molecule has 7 heteroatoms. The van der Waals surface area contributed by atoms with Crippen molar-refractivity contribution in [3.8, 4) is 22.8 Å². The number of aromatic amines is 1. The van der Waals surface area contributed by atoms with Crippen molar-refractivity contribution in [3.05, 3.63) is 42.7 Å². The Labute approximate surface area is 118 Å². The van der Waals surface area contributed by atoms with Gasteiger partial charge in [-0.2, -0.15) is 10.1 Å². The number of nitrogen functional groups attached to an aromatic ring is 1. The fraction of sp³-hybridized carbons (Fsp3) is 0. The van der Waals surface area contributed by atoms with E-state index >= 15 is 0 Å². The lowest BCUT2D eigenvalue weighted by atomic mass is 10.1. The molecule has 3 N–H and O–H groups in total. The van der Waals surface area contributed by atoms with Crippen molar-refractivity contribution >= 4 is 16.7 Å². The Hall–Kier alpha value is -3.22. The highest BCUT2D eigenvalue weighted by Gasteiger charge is 2.14. The van der Waals surface area contributed by atoms with Gasteiger partial charge in [-0.1, -0.05) is 11.2 Å². The first-order chi connectivity index (χ1) is 10.3. The van der Waals surface area contributed by atoms with Crippen LogP contribution < -0.4 is 5.73 Å². The number of fused-ring (bicyclic) bond motifs is 1. The summed E-state index contributed by atoms with van der Waals surface area (Å²) in [6.45, 7) is 0. The van der Waals surface area contributed by atoms with Crippen LogP contribution in [0.2, 0.25) is 0 Å². The largest absolute Gasteiger partial charge is 0.383 e. The van der Waals surface area contributed by atoms with Gasteiger partial charge in [0.25, 0.3) is 5.89 Å². The number of H-pyrrole nitrogens is 1. The second-order valence-electron chi connectivity index (χ2n) is 4.53. The molecule has 7 nitrogen and oxygen atoms in total. The summed E-state index contributed by atoms with van der Waals surface area (Å²) in [5.41, 5.74) is 8.11. The number of hydrogen-bond donors (Lipinski definition) is 2. The molecule has 3 heterocycles. The number of pyridine rings is 1. The number of nitrogens with zero attached hydrogens (tertiary/aromatic N) is 4. The second kappa shape index (κ2) is 4.41. The summed E-state index contributed by atoms with van der Waals surface area (Å²) in [4.78, 5) is 8.63. The van der Waals surface area contributed by atoms with Crippen molar-refractivity contribution < 1.29 is 4.52 Å². The highest BCUT2D eigenvalue weighted by atomic mass is 16.5. The molecular weight excluding hydrogens is 268 g/mol. The molecule has 0 unspecified atom stereocenters. The van der Waals surface area contributed by atoms with Crippen LogP contribution in [0.5, 0.6) is 0 Å². The Morgan fingerprint density at radius 3 is 3.00 bits per heavy atom. The van der Waals surface area contributed by atoms with Crippen LogP contribution in [-0.2, 0) is 0 Å². The lowest BCUT2D eigenvalue weighted by Gasteiger charge is -1.98. The van der Waals surface area contributed by atoms with Crippen LogP contribution in [0.25, 0.3) is 33.7 Å². The van der Waals surface area contributed by atoms with Crippen molar-refractivity contribution in [3.63, 3.8) is 0 Å². The highest BCUT2D eigenvalue weighted by Crippen LogP contribution is 2.26. The molecule has 0 amide bonds. The van der Waals surface area contributed by atoms with Crippen LogP contribution in [-0.4, -0.2) is 25.3 Å². The molecule has 0 aliphatic rings.